The first-order valence-corrected chi connectivity index (χ1v) is 7.37. The molecule has 0 radical (unpaired) electrons. The molecule has 96 valence electrons. The minimum Gasteiger partial charge on any atom is -0.367 e. The van der Waals surface area contributed by atoms with Gasteiger partial charge in [-0.3, -0.25) is 4.98 Å². The lowest BCUT2D eigenvalue weighted by molar-refractivity contribution is 0.636. The largest absolute Gasteiger partial charge is 0.367 e. The van der Waals surface area contributed by atoms with E-state index in [4.69, 9.17) is 0 Å². The Labute approximate surface area is 110 Å². The average Bonchev–Trinajstić information content (AvgIpc) is 3.06. The van der Waals surface area contributed by atoms with E-state index in [1.807, 2.05) is 11.8 Å². The summed E-state index contributed by atoms with van der Waals surface area (Å²) in [6.45, 7) is 0.939. The van der Waals surface area contributed by atoms with Crippen LogP contribution in [0.15, 0.2) is 12.4 Å². The van der Waals surface area contributed by atoms with Crippen LogP contribution >= 0.6 is 11.8 Å². The van der Waals surface area contributed by atoms with Crippen LogP contribution in [0.5, 0.6) is 0 Å². The third-order valence-corrected chi connectivity index (χ3v) is 5.07. The van der Waals surface area contributed by atoms with Gasteiger partial charge in [-0.2, -0.15) is 16.3 Å². The van der Waals surface area contributed by atoms with Gasteiger partial charge in [0.15, 0.2) is 5.65 Å². The van der Waals surface area contributed by atoms with Gasteiger partial charge >= 0.3 is 0 Å². The van der Waals surface area contributed by atoms with Crippen molar-refractivity contribution in [3.8, 4) is 0 Å². The maximum absolute atomic E-state index is 4.15. The van der Waals surface area contributed by atoms with E-state index < -0.39 is 0 Å². The molecule has 1 aliphatic rings. The molecular formula is C11H16N6S. The van der Waals surface area contributed by atoms with Gasteiger partial charge in [-0.05, 0) is 29.5 Å². The molecule has 0 spiro atoms. The smallest absolute Gasteiger partial charge is 0.199 e. The molecule has 18 heavy (non-hydrogen) atoms. The molecule has 0 aliphatic heterocycles. The SMILES string of the molecule is CSC1(CNc2cncc3nnnn23)CCCC1. The normalized spacial score (nSPS) is 18.3. The van der Waals surface area contributed by atoms with Gasteiger partial charge in [0.1, 0.15) is 5.82 Å². The molecule has 1 fully saturated rings. The van der Waals surface area contributed by atoms with E-state index in [9.17, 15) is 0 Å². The Hall–Kier alpha value is -1.37. The third kappa shape index (κ3) is 2.03. The summed E-state index contributed by atoms with van der Waals surface area (Å²) in [6, 6.07) is 0. The number of fused-ring (bicyclic) bond motifs is 1. The van der Waals surface area contributed by atoms with Crippen LogP contribution in [0, 0.1) is 0 Å². The first-order chi connectivity index (χ1) is 8.83. The molecule has 7 heteroatoms. The van der Waals surface area contributed by atoms with Crippen molar-refractivity contribution in [1.29, 1.82) is 0 Å². The molecule has 1 saturated carbocycles. The summed E-state index contributed by atoms with van der Waals surface area (Å²) in [5.74, 6) is 0.859. The quantitative estimate of drug-likeness (QED) is 0.905. The lowest BCUT2D eigenvalue weighted by Gasteiger charge is -2.27. The van der Waals surface area contributed by atoms with E-state index in [0.717, 1.165) is 12.4 Å². The number of nitrogens with zero attached hydrogens (tertiary/aromatic N) is 5. The van der Waals surface area contributed by atoms with E-state index in [1.54, 1.807) is 16.9 Å². The topological polar surface area (TPSA) is 68.0 Å². The van der Waals surface area contributed by atoms with Crippen molar-refractivity contribution in [2.75, 3.05) is 18.1 Å². The molecule has 0 aromatic carbocycles. The summed E-state index contributed by atoms with van der Waals surface area (Å²) >= 11 is 1.96. The highest BCUT2D eigenvalue weighted by molar-refractivity contribution is 8.00. The number of nitrogens with one attached hydrogen (secondary N) is 1. The van der Waals surface area contributed by atoms with E-state index in [2.05, 4.69) is 32.1 Å². The molecule has 2 heterocycles. The van der Waals surface area contributed by atoms with Gasteiger partial charge in [-0.25, -0.2) is 0 Å². The van der Waals surface area contributed by atoms with Crippen LogP contribution in [0.4, 0.5) is 5.82 Å². The second kappa shape index (κ2) is 4.72. The summed E-state index contributed by atoms with van der Waals surface area (Å²) in [7, 11) is 0. The van der Waals surface area contributed by atoms with Gasteiger partial charge < -0.3 is 5.32 Å². The number of anilines is 1. The maximum Gasteiger partial charge on any atom is 0.199 e. The van der Waals surface area contributed by atoms with Crippen molar-refractivity contribution in [2.45, 2.75) is 30.4 Å². The van der Waals surface area contributed by atoms with Crippen molar-refractivity contribution in [3.63, 3.8) is 0 Å². The molecule has 3 rings (SSSR count). The highest BCUT2D eigenvalue weighted by atomic mass is 32.2. The zero-order chi connectivity index (χ0) is 12.4. The van der Waals surface area contributed by atoms with Crippen LogP contribution in [0.3, 0.4) is 0 Å². The first kappa shape index (κ1) is 11.7. The second-order valence-electron chi connectivity index (χ2n) is 4.69. The van der Waals surface area contributed by atoms with Crippen molar-refractivity contribution < 1.29 is 0 Å². The Morgan fingerprint density at radius 2 is 2.22 bits per heavy atom. The third-order valence-electron chi connectivity index (χ3n) is 3.65. The van der Waals surface area contributed by atoms with Crippen molar-refractivity contribution in [3.05, 3.63) is 12.4 Å². The fourth-order valence-electron chi connectivity index (χ4n) is 2.52. The average molecular weight is 264 g/mol. The number of rotatable bonds is 4. The predicted molar refractivity (Wildman–Crippen MR) is 71.8 cm³/mol. The summed E-state index contributed by atoms with van der Waals surface area (Å²) in [5, 5.41) is 15.0. The van der Waals surface area contributed by atoms with Crippen LogP contribution in [-0.2, 0) is 0 Å². The number of tetrazole rings is 1. The molecule has 0 atom stereocenters. The molecule has 0 amide bonds. The minimum atomic E-state index is 0.357. The number of aromatic nitrogens is 5. The Bertz CT molecular complexity index is 533. The summed E-state index contributed by atoms with van der Waals surface area (Å²) in [6.07, 6.45) is 10.8. The van der Waals surface area contributed by atoms with Gasteiger partial charge in [0.05, 0.1) is 12.4 Å². The van der Waals surface area contributed by atoms with E-state index in [0.29, 0.717) is 10.4 Å². The molecule has 2 aromatic heterocycles. The van der Waals surface area contributed by atoms with E-state index >= 15 is 0 Å². The van der Waals surface area contributed by atoms with E-state index in [1.165, 1.54) is 25.7 Å². The van der Waals surface area contributed by atoms with E-state index in [-0.39, 0.29) is 0 Å². The standard InChI is InChI=1S/C11H16N6S/c1-18-11(4-2-3-5-11)8-13-9-6-12-7-10-14-15-16-17(9)10/h6-7,13H,2-5,8H2,1H3. The fraction of sp³-hybridized carbons (Fsp3) is 0.636. The molecule has 1 aliphatic carbocycles. The lowest BCUT2D eigenvalue weighted by atomic mass is 10.1. The van der Waals surface area contributed by atoms with Gasteiger partial charge in [-0.15, -0.1) is 5.10 Å². The Morgan fingerprint density at radius 3 is 3.00 bits per heavy atom. The van der Waals surface area contributed by atoms with Crippen LogP contribution in [0.1, 0.15) is 25.7 Å². The fourth-order valence-corrected chi connectivity index (χ4v) is 3.43. The number of thioether (sulfide) groups is 1. The van der Waals surface area contributed by atoms with Gasteiger partial charge in [0, 0.05) is 11.3 Å². The molecule has 0 unspecified atom stereocenters. The zero-order valence-corrected chi connectivity index (χ0v) is 11.2. The van der Waals surface area contributed by atoms with Crippen LogP contribution in [0.2, 0.25) is 0 Å². The molecule has 0 bridgehead atoms. The number of hydrogen-bond acceptors (Lipinski definition) is 6. The summed E-state index contributed by atoms with van der Waals surface area (Å²) < 4.78 is 2.05. The minimum absolute atomic E-state index is 0.357. The molecule has 2 aromatic rings. The van der Waals surface area contributed by atoms with Crippen molar-refractivity contribution >= 4 is 23.2 Å². The predicted octanol–water partition coefficient (Wildman–Crippen LogP) is 1.61. The molecule has 1 N–H and O–H groups in total. The van der Waals surface area contributed by atoms with Crippen molar-refractivity contribution in [2.24, 2.45) is 0 Å². The van der Waals surface area contributed by atoms with Crippen molar-refractivity contribution in [1.82, 2.24) is 25.0 Å². The monoisotopic (exact) mass is 264 g/mol. The Kier molecular flexibility index (Phi) is 3.07. The van der Waals surface area contributed by atoms with Gasteiger partial charge in [-0.1, -0.05) is 12.8 Å². The molecular weight excluding hydrogens is 248 g/mol. The summed E-state index contributed by atoms with van der Waals surface area (Å²) in [4.78, 5) is 4.15. The Balaban J connectivity index is 1.78. The lowest BCUT2D eigenvalue weighted by Crippen LogP contribution is -2.30. The summed E-state index contributed by atoms with van der Waals surface area (Å²) in [5.41, 5.74) is 0.671. The first-order valence-electron chi connectivity index (χ1n) is 6.14. The van der Waals surface area contributed by atoms with Crippen LogP contribution in [-0.4, -0.2) is 42.6 Å². The number of hydrogen-bond donors (Lipinski definition) is 1. The molecule has 0 saturated heterocycles. The van der Waals surface area contributed by atoms with Gasteiger partial charge in [0.2, 0.25) is 0 Å². The zero-order valence-electron chi connectivity index (χ0n) is 10.3. The highest BCUT2D eigenvalue weighted by Gasteiger charge is 2.32. The van der Waals surface area contributed by atoms with Gasteiger partial charge in [0.25, 0.3) is 0 Å². The highest BCUT2D eigenvalue weighted by Crippen LogP contribution is 2.40. The second-order valence-corrected chi connectivity index (χ2v) is 5.96. The molecule has 6 nitrogen and oxygen atoms in total. The maximum atomic E-state index is 4.15. The van der Waals surface area contributed by atoms with Crippen LogP contribution < -0.4 is 5.32 Å². The van der Waals surface area contributed by atoms with Crippen LogP contribution in [0.25, 0.3) is 5.65 Å². The Morgan fingerprint density at radius 1 is 1.39 bits per heavy atom.